The lowest BCUT2D eigenvalue weighted by Gasteiger charge is -2.21. The molecule has 0 radical (unpaired) electrons. The molecule has 0 heterocycles. The maximum absolute atomic E-state index is 13.5. The summed E-state index contributed by atoms with van der Waals surface area (Å²) >= 11 is 0. The lowest BCUT2D eigenvalue weighted by molar-refractivity contribution is 0.301. The molecule has 0 aliphatic rings. The molecule has 1 N–H and O–H groups in total. The van der Waals surface area contributed by atoms with E-state index in [2.05, 4.69) is 6.58 Å². The van der Waals surface area contributed by atoms with Gasteiger partial charge in [-0.05, 0) is 11.7 Å². The third-order valence-corrected chi connectivity index (χ3v) is 6.25. The average Bonchev–Trinajstić information content (AvgIpc) is 2.48. The quantitative estimate of drug-likeness (QED) is 0.850. The minimum absolute atomic E-state index is 0.0392. The van der Waals surface area contributed by atoms with Crippen LogP contribution in [0, 0.1) is 0 Å². The third kappa shape index (κ3) is 2.70. The van der Waals surface area contributed by atoms with Crippen LogP contribution in [0.15, 0.2) is 72.6 Å². The van der Waals surface area contributed by atoms with Crippen LogP contribution in [0.4, 0.5) is 0 Å². The average molecular weight is 272 g/mol. The van der Waals surface area contributed by atoms with Crippen molar-refractivity contribution in [1.29, 1.82) is 0 Å². The molecule has 2 rings (SSSR count). The van der Waals surface area contributed by atoms with Crippen molar-refractivity contribution in [3.63, 3.8) is 0 Å². The summed E-state index contributed by atoms with van der Waals surface area (Å²) < 4.78 is 13.5. The SMILES string of the molecule is C=C(CCO)P(=O)(c1ccccc1)c1ccccc1. The van der Waals surface area contributed by atoms with Crippen molar-refractivity contribution in [2.24, 2.45) is 0 Å². The first-order valence-corrected chi connectivity index (χ1v) is 7.90. The van der Waals surface area contributed by atoms with Gasteiger partial charge in [0.1, 0.15) is 0 Å². The molecular formula is C16H17O2P. The normalized spacial score (nSPS) is 11.2. The van der Waals surface area contributed by atoms with E-state index >= 15 is 0 Å². The number of aliphatic hydroxyl groups is 1. The van der Waals surface area contributed by atoms with Crippen LogP contribution < -0.4 is 10.6 Å². The molecule has 2 aromatic carbocycles. The minimum atomic E-state index is -2.89. The zero-order valence-corrected chi connectivity index (χ0v) is 11.6. The number of benzene rings is 2. The molecule has 2 nitrogen and oxygen atoms in total. The Balaban J connectivity index is 2.58. The Bertz CT molecular complexity index is 547. The molecule has 0 aliphatic heterocycles. The van der Waals surface area contributed by atoms with Crippen LogP contribution in [0.5, 0.6) is 0 Å². The van der Waals surface area contributed by atoms with Gasteiger partial charge in [0.2, 0.25) is 0 Å². The van der Waals surface area contributed by atoms with Crippen LogP contribution in [-0.4, -0.2) is 11.7 Å². The highest BCUT2D eigenvalue weighted by molar-refractivity contribution is 7.82. The van der Waals surface area contributed by atoms with Crippen molar-refractivity contribution >= 4 is 17.8 Å². The van der Waals surface area contributed by atoms with E-state index in [0.717, 1.165) is 10.6 Å². The van der Waals surface area contributed by atoms with Gasteiger partial charge < -0.3 is 9.67 Å². The van der Waals surface area contributed by atoms with Gasteiger partial charge in [-0.15, -0.1) is 0 Å². The van der Waals surface area contributed by atoms with Crippen molar-refractivity contribution in [1.82, 2.24) is 0 Å². The second-order valence-electron chi connectivity index (χ2n) is 4.32. The topological polar surface area (TPSA) is 37.3 Å². The smallest absolute Gasteiger partial charge is 0.166 e. The Morgan fingerprint density at radius 3 is 1.74 bits per heavy atom. The van der Waals surface area contributed by atoms with Crippen molar-refractivity contribution in [2.75, 3.05) is 6.61 Å². The van der Waals surface area contributed by atoms with Gasteiger partial charge in [-0.1, -0.05) is 67.2 Å². The fraction of sp³-hybridized carbons (Fsp3) is 0.125. The summed E-state index contributed by atoms with van der Waals surface area (Å²) in [6.45, 7) is 3.91. The monoisotopic (exact) mass is 272 g/mol. The molecule has 0 spiro atoms. The fourth-order valence-electron chi connectivity index (χ4n) is 2.08. The highest BCUT2D eigenvalue weighted by atomic mass is 31.2. The predicted molar refractivity (Wildman–Crippen MR) is 80.6 cm³/mol. The molecular weight excluding hydrogens is 255 g/mol. The van der Waals surface area contributed by atoms with E-state index in [9.17, 15) is 4.57 Å². The van der Waals surface area contributed by atoms with Gasteiger partial charge in [-0.2, -0.15) is 0 Å². The molecule has 2 aromatic rings. The van der Waals surface area contributed by atoms with Crippen molar-refractivity contribution in [3.05, 3.63) is 72.6 Å². The summed E-state index contributed by atoms with van der Waals surface area (Å²) in [5.41, 5.74) is 0. The van der Waals surface area contributed by atoms with Crippen molar-refractivity contribution in [2.45, 2.75) is 6.42 Å². The predicted octanol–water partition coefficient (Wildman–Crippen LogP) is 2.90. The Morgan fingerprint density at radius 2 is 1.37 bits per heavy atom. The Labute approximate surface area is 113 Å². The zero-order chi connectivity index (χ0) is 13.7. The lowest BCUT2D eigenvalue weighted by Crippen LogP contribution is -2.17. The van der Waals surface area contributed by atoms with E-state index in [1.807, 2.05) is 60.7 Å². The molecule has 0 saturated carbocycles. The Morgan fingerprint density at radius 1 is 0.947 bits per heavy atom. The van der Waals surface area contributed by atoms with Gasteiger partial charge in [0, 0.05) is 17.2 Å². The first kappa shape index (κ1) is 13.8. The first-order chi connectivity index (χ1) is 9.19. The van der Waals surface area contributed by atoms with Crippen LogP contribution in [-0.2, 0) is 4.57 Å². The minimum Gasteiger partial charge on any atom is -0.396 e. The second-order valence-corrected chi connectivity index (χ2v) is 7.20. The van der Waals surface area contributed by atoms with Crippen LogP contribution in [0.25, 0.3) is 0 Å². The van der Waals surface area contributed by atoms with E-state index in [0.29, 0.717) is 11.7 Å². The van der Waals surface area contributed by atoms with Gasteiger partial charge in [-0.25, -0.2) is 0 Å². The molecule has 0 aromatic heterocycles. The summed E-state index contributed by atoms with van der Waals surface area (Å²) in [4.78, 5) is 0. The van der Waals surface area contributed by atoms with Crippen molar-refractivity contribution in [3.8, 4) is 0 Å². The van der Waals surface area contributed by atoms with Crippen LogP contribution >= 0.6 is 7.14 Å². The molecule has 0 bridgehead atoms. The summed E-state index contributed by atoms with van der Waals surface area (Å²) in [6, 6.07) is 18.7. The van der Waals surface area contributed by atoms with Gasteiger partial charge in [-0.3, -0.25) is 0 Å². The molecule has 0 amide bonds. The molecule has 0 saturated heterocycles. The summed E-state index contributed by atoms with van der Waals surface area (Å²) in [7, 11) is -2.89. The van der Waals surface area contributed by atoms with E-state index in [1.54, 1.807) is 0 Å². The largest absolute Gasteiger partial charge is 0.396 e. The maximum atomic E-state index is 13.5. The fourth-order valence-corrected chi connectivity index (χ4v) is 4.70. The maximum Gasteiger partial charge on any atom is 0.166 e. The van der Waals surface area contributed by atoms with Gasteiger partial charge >= 0.3 is 0 Å². The van der Waals surface area contributed by atoms with Gasteiger partial charge in [0.15, 0.2) is 7.14 Å². The molecule has 0 aliphatic carbocycles. The molecule has 98 valence electrons. The van der Waals surface area contributed by atoms with Crippen LogP contribution in [0.3, 0.4) is 0 Å². The van der Waals surface area contributed by atoms with E-state index in [-0.39, 0.29) is 6.61 Å². The van der Waals surface area contributed by atoms with E-state index in [1.165, 1.54) is 0 Å². The van der Waals surface area contributed by atoms with Crippen LogP contribution in [0.2, 0.25) is 0 Å². The molecule has 0 unspecified atom stereocenters. The zero-order valence-electron chi connectivity index (χ0n) is 10.7. The van der Waals surface area contributed by atoms with E-state index < -0.39 is 7.14 Å². The highest BCUT2D eigenvalue weighted by Crippen LogP contribution is 2.51. The van der Waals surface area contributed by atoms with Gasteiger partial charge in [0.25, 0.3) is 0 Å². The second kappa shape index (κ2) is 6.01. The molecule has 0 atom stereocenters. The molecule has 19 heavy (non-hydrogen) atoms. The lowest BCUT2D eigenvalue weighted by atomic mass is 10.4. The number of aliphatic hydroxyl groups excluding tert-OH is 1. The molecule has 0 fully saturated rings. The Hall–Kier alpha value is -1.63. The third-order valence-electron chi connectivity index (χ3n) is 3.09. The van der Waals surface area contributed by atoms with E-state index in [4.69, 9.17) is 5.11 Å². The molecule has 3 heteroatoms. The van der Waals surface area contributed by atoms with Gasteiger partial charge in [0.05, 0.1) is 0 Å². The first-order valence-electron chi connectivity index (χ1n) is 6.20. The Kier molecular flexibility index (Phi) is 4.36. The number of hydrogen-bond acceptors (Lipinski definition) is 2. The summed E-state index contributed by atoms with van der Waals surface area (Å²) in [5.74, 6) is 0. The summed E-state index contributed by atoms with van der Waals surface area (Å²) in [6.07, 6.45) is 0.348. The highest BCUT2D eigenvalue weighted by Gasteiger charge is 2.29. The standard InChI is InChI=1S/C16H17O2P/c1-14(12-13-17)19(18,15-8-4-2-5-9-15)16-10-6-3-7-11-16/h2-11,17H,1,12-13H2. The summed E-state index contributed by atoms with van der Waals surface area (Å²) in [5, 5.41) is 11.2. The van der Waals surface area contributed by atoms with Crippen LogP contribution in [0.1, 0.15) is 6.42 Å². The number of rotatable bonds is 5. The number of hydrogen-bond donors (Lipinski definition) is 1. The van der Waals surface area contributed by atoms with Crippen molar-refractivity contribution < 1.29 is 9.67 Å².